The normalized spacial score (nSPS) is 10.9. The molecule has 0 aliphatic heterocycles. The lowest BCUT2D eigenvalue weighted by Crippen LogP contribution is -2.34. The summed E-state index contributed by atoms with van der Waals surface area (Å²) in [5, 5.41) is 0. The Hall–Kier alpha value is -1.89. The van der Waals surface area contributed by atoms with Crippen LogP contribution in [-0.4, -0.2) is 36.8 Å². The van der Waals surface area contributed by atoms with Crippen LogP contribution in [-0.2, 0) is 25.9 Å². The minimum atomic E-state index is -4.70. The highest BCUT2D eigenvalue weighted by Crippen LogP contribution is 1.90. The lowest BCUT2D eigenvalue weighted by Gasteiger charge is -2.05. The van der Waals surface area contributed by atoms with Crippen LogP contribution in [0.4, 0.5) is 4.79 Å². The van der Waals surface area contributed by atoms with E-state index in [1.54, 1.807) is 0 Å². The van der Waals surface area contributed by atoms with Crippen molar-refractivity contribution >= 4 is 16.5 Å². The first-order valence-electron chi connectivity index (χ1n) is 4.70. The minimum absolute atomic E-state index is 0.0941. The molecule has 1 heterocycles. The Balaban J connectivity index is 2.49. The summed E-state index contributed by atoms with van der Waals surface area (Å²) in [7, 11) is -4.70. The number of carbonyl (C=O) groups is 1. The van der Waals surface area contributed by atoms with E-state index in [1.165, 1.54) is 23.3 Å². The molecule has 0 amide bonds. The second kappa shape index (κ2) is 6.15. The van der Waals surface area contributed by atoms with Crippen LogP contribution in [0.5, 0.6) is 0 Å². The zero-order chi connectivity index (χ0) is 13.6. The van der Waals surface area contributed by atoms with Gasteiger partial charge in [0.05, 0.1) is 0 Å². The van der Waals surface area contributed by atoms with Gasteiger partial charge < -0.3 is 9.29 Å². The number of hydrogen-bond donors (Lipinski definition) is 0. The van der Waals surface area contributed by atoms with Crippen molar-refractivity contribution in [3.8, 4) is 12.3 Å². The molecule has 0 saturated heterocycles. The molecule has 0 N–H and O–H groups in total. The van der Waals surface area contributed by atoms with Crippen LogP contribution in [0.15, 0.2) is 18.7 Å². The lowest BCUT2D eigenvalue weighted by molar-refractivity contribution is -0.696. The maximum absolute atomic E-state index is 11.3. The summed E-state index contributed by atoms with van der Waals surface area (Å²) in [5.74, 6) is 2.14. The molecule has 8 nitrogen and oxygen atoms in total. The molecule has 18 heavy (non-hydrogen) atoms. The van der Waals surface area contributed by atoms with Crippen LogP contribution in [0, 0.1) is 12.3 Å². The molecule has 0 aromatic carbocycles. The number of imidazole rings is 1. The van der Waals surface area contributed by atoms with Crippen LogP contribution in [0.25, 0.3) is 0 Å². The van der Waals surface area contributed by atoms with E-state index in [4.69, 9.17) is 6.42 Å². The Bertz CT molecular complexity index is 556. The lowest BCUT2D eigenvalue weighted by atomic mass is 10.7. The van der Waals surface area contributed by atoms with Crippen molar-refractivity contribution in [2.75, 3.05) is 13.2 Å². The van der Waals surface area contributed by atoms with Crippen molar-refractivity contribution in [1.29, 1.82) is 0 Å². The van der Waals surface area contributed by atoms with E-state index in [0.717, 1.165) is 4.57 Å². The van der Waals surface area contributed by atoms with Crippen molar-refractivity contribution in [2.45, 2.75) is 6.54 Å². The molecule has 0 radical (unpaired) electrons. The molecule has 0 saturated carbocycles. The number of nitrogens with zero attached hydrogens (tertiary/aromatic N) is 2. The average Bonchev–Trinajstić information content (AvgIpc) is 2.73. The van der Waals surface area contributed by atoms with E-state index in [9.17, 15) is 17.8 Å². The number of ether oxygens (including phenoxy) is 1. The van der Waals surface area contributed by atoms with Crippen molar-refractivity contribution < 1.29 is 31.3 Å². The third kappa shape index (κ3) is 4.96. The van der Waals surface area contributed by atoms with E-state index < -0.39 is 16.5 Å². The molecule has 1 rings (SSSR count). The molecule has 98 valence electrons. The number of carbonyl (C=O) groups excluding carboxylic acids is 1. The molecule has 0 unspecified atom stereocenters. The fraction of sp³-hybridized carbons (Fsp3) is 0.333. The van der Waals surface area contributed by atoms with Gasteiger partial charge in [-0.1, -0.05) is 5.92 Å². The van der Waals surface area contributed by atoms with Gasteiger partial charge in [-0.15, -0.1) is 11.0 Å². The van der Waals surface area contributed by atoms with Gasteiger partial charge in [0.1, 0.15) is 25.5 Å². The SMILES string of the molecule is C#CCOC(=O)n1cc[n+](CCOS(=O)(=O)[O-])c1. The Morgan fingerprint density at radius 1 is 1.56 bits per heavy atom. The van der Waals surface area contributed by atoms with Gasteiger partial charge in [0.2, 0.25) is 10.4 Å². The monoisotopic (exact) mass is 274 g/mol. The maximum Gasteiger partial charge on any atom is 0.512 e. The highest BCUT2D eigenvalue weighted by atomic mass is 32.3. The number of aromatic nitrogens is 2. The zero-order valence-corrected chi connectivity index (χ0v) is 10.00. The minimum Gasteiger partial charge on any atom is -0.726 e. The number of hydrogen-bond acceptors (Lipinski definition) is 6. The zero-order valence-electron chi connectivity index (χ0n) is 9.18. The van der Waals surface area contributed by atoms with Gasteiger partial charge in [-0.2, -0.15) is 4.79 Å². The van der Waals surface area contributed by atoms with Gasteiger partial charge in [0.15, 0.2) is 6.61 Å². The Morgan fingerprint density at radius 3 is 2.89 bits per heavy atom. The first-order valence-corrected chi connectivity index (χ1v) is 6.03. The summed E-state index contributed by atoms with van der Waals surface area (Å²) in [4.78, 5) is 11.3. The largest absolute Gasteiger partial charge is 0.726 e. The topological polar surface area (TPSA) is 102 Å². The van der Waals surface area contributed by atoms with Gasteiger partial charge >= 0.3 is 6.09 Å². The fourth-order valence-corrected chi connectivity index (χ4v) is 1.34. The fourth-order valence-electron chi connectivity index (χ4n) is 1.06. The maximum atomic E-state index is 11.3. The molecule has 0 atom stereocenters. The van der Waals surface area contributed by atoms with Crippen LogP contribution >= 0.6 is 0 Å². The smallest absolute Gasteiger partial charge is 0.512 e. The van der Waals surface area contributed by atoms with Crippen LogP contribution < -0.4 is 4.57 Å². The van der Waals surface area contributed by atoms with Crippen LogP contribution in [0.2, 0.25) is 0 Å². The summed E-state index contributed by atoms with van der Waals surface area (Å²) in [6.45, 7) is -0.370. The molecule has 1 aromatic rings. The summed E-state index contributed by atoms with van der Waals surface area (Å²) >= 11 is 0. The van der Waals surface area contributed by atoms with E-state index in [0.29, 0.717) is 0 Å². The summed E-state index contributed by atoms with van der Waals surface area (Å²) in [6.07, 6.45) is 8.48. The molecule has 1 aromatic heterocycles. The van der Waals surface area contributed by atoms with Crippen LogP contribution in [0.3, 0.4) is 0 Å². The number of terminal acetylenes is 1. The standard InChI is InChI=1S/C9H10N2O6S/c1-2-6-16-9(12)11-4-3-10(8-11)5-7-17-18(13,14)15/h1,3-4,8H,5-7H2. The molecule has 0 bridgehead atoms. The summed E-state index contributed by atoms with van der Waals surface area (Å²) < 4.78 is 41.7. The summed E-state index contributed by atoms with van der Waals surface area (Å²) in [6, 6.07) is 0. The predicted octanol–water partition coefficient (Wildman–Crippen LogP) is -1.13. The third-order valence-electron chi connectivity index (χ3n) is 1.76. The molecular formula is C9H10N2O6S. The van der Waals surface area contributed by atoms with Crippen LogP contribution in [0.1, 0.15) is 0 Å². The third-order valence-corrected chi connectivity index (χ3v) is 2.21. The van der Waals surface area contributed by atoms with Crippen molar-refractivity contribution in [3.63, 3.8) is 0 Å². The van der Waals surface area contributed by atoms with Gasteiger partial charge in [0.25, 0.3) is 6.33 Å². The van der Waals surface area contributed by atoms with Gasteiger partial charge in [0, 0.05) is 0 Å². The molecular weight excluding hydrogens is 264 g/mol. The van der Waals surface area contributed by atoms with Gasteiger partial charge in [-0.25, -0.2) is 13.0 Å². The second-order valence-corrected chi connectivity index (χ2v) is 4.10. The average molecular weight is 274 g/mol. The quantitative estimate of drug-likeness (QED) is 0.291. The molecule has 0 aliphatic carbocycles. The molecule has 9 heteroatoms. The highest BCUT2D eigenvalue weighted by Gasteiger charge is 2.13. The van der Waals surface area contributed by atoms with Crippen molar-refractivity contribution in [3.05, 3.63) is 18.7 Å². The number of rotatable bonds is 5. The predicted molar refractivity (Wildman–Crippen MR) is 55.9 cm³/mol. The van der Waals surface area contributed by atoms with E-state index in [2.05, 4.69) is 14.8 Å². The van der Waals surface area contributed by atoms with Crippen molar-refractivity contribution in [1.82, 2.24) is 4.57 Å². The van der Waals surface area contributed by atoms with Crippen molar-refractivity contribution in [2.24, 2.45) is 0 Å². The van der Waals surface area contributed by atoms with Gasteiger partial charge in [-0.3, -0.25) is 4.18 Å². The Morgan fingerprint density at radius 2 is 2.28 bits per heavy atom. The Labute approximate surface area is 104 Å². The molecule has 0 aliphatic rings. The summed E-state index contributed by atoms with van der Waals surface area (Å²) in [5.41, 5.74) is 0. The first kappa shape index (κ1) is 14.2. The van der Waals surface area contributed by atoms with E-state index in [1.807, 2.05) is 0 Å². The second-order valence-electron chi connectivity index (χ2n) is 3.05. The Kier molecular flexibility index (Phi) is 4.85. The first-order chi connectivity index (χ1) is 8.42. The molecule has 0 spiro atoms. The molecule has 0 fully saturated rings. The van der Waals surface area contributed by atoms with E-state index >= 15 is 0 Å². The van der Waals surface area contributed by atoms with E-state index in [-0.39, 0.29) is 19.8 Å². The highest BCUT2D eigenvalue weighted by molar-refractivity contribution is 7.80. The van der Waals surface area contributed by atoms with Gasteiger partial charge in [-0.05, 0) is 0 Å².